The van der Waals surface area contributed by atoms with Crippen molar-refractivity contribution in [3.05, 3.63) is 36.2 Å². The standard InChI is InChI=1S/C17H22N6O2S/c1-3-4-5-14-19-15(25-22-14)12-26-17-21-20-16(23(17)10-11-24-2)13-6-8-18-9-7-13/h6-9H,3-5,10-12H2,1-2H3. The Morgan fingerprint density at radius 1 is 1.23 bits per heavy atom. The zero-order valence-electron chi connectivity index (χ0n) is 15.0. The van der Waals surface area contributed by atoms with E-state index >= 15 is 0 Å². The van der Waals surface area contributed by atoms with Gasteiger partial charge in [-0.1, -0.05) is 30.3 Å². The third-order valence-corrected chi connectivity index (χ3v) is 4.71. The number of rotatable bonds is 10. The molecular weight excluding hydrogens is 352 g/mol. The summed E-state index contributed by atoms with van der Waals surface area (Å²) < 4.78 is 12.6. The Morgan fingerprint density at radius 3 is 2.85 bits per heavy atom. The normalized spacial score (nSPS) is 11.2. The molecule has 26 heavy (non-hydrogen) atoms. The lowest BCUT2D eigenvalue weighted by Gasteiger charge is -2.08. The van der Waals surface area contributed by atoms with Gasteiger partial charge in [-0.05, 0) is 18.6 Å². The maximum atomic E-state index is 5.32. The van der Waals surface area contributed by atoms with Gasteiger partial charge in [0, 0.05) is 31.5 Å². The van der Waals surface area contributed by atoms with Crippen molar-refractivity contribution in [2.24, 2.45) is 0 Å². The minimum absolute atomic E-state index is 0.556. The summed E-state index contributed by atoms with van der Waals surface area (Å²) in [4.78, 5) is 8.48. The first kappa shape index (κ1) is 18.5. The van der Waals surface area contributed by atoms with E-state index in [0.717, 1.165) is 41.6 Å². The predicted molar refractivity (Wildman–Crippen MR) is 97.6 cm³/mol. The van der Waals surface area contributed by atoms with Gasteiger partial charge in [0.15, 0.2) is 16.8 Å². The maximum absolute atomic E-state index is 5.32. The van der Waals surface area contributed by atoms with Crippen molar-refractivity contribution in [1.82, 2.24) is 29.9 Å². The monoisotopic (exact) mass is 374 g/mol. The lowest BCUT2D eigenvalue weighted by molar-refractivity contribution is 0.185. The zero-order chi connectivity index (χ0) is 18.2. The molecule has 0 aromatic carbocycles. The van der Waals surface area contributed by atoms with Crippen LogP contribution < -0.4 is 0 Å². The van der Waals surface area contributed by atoms with E-state index in [1.165, 1.54) is 11.8 Å². The molecule has 0 amide bonds. The summed E-state index contributed by atoms with van der Waals surface area (Å²) in [5, 5.41) is 13.5. The first-order valence-corrected chi connectivity index (χ1v) is 9.57. The van der Waals surface area contributed by atoms with Crippen LogP contribution in [0.5, 0.6) is 0 Å². The second-order valence-corrected chi connectivity index (χ2v) is 6.63. The van der Waals surface area contributed by atoms with Crippen LogP contribution in [0.15, 0.2) is 34.2 Å². The summed E-state index contributed by atoms with van der Waals surface area (Å²) >= 11 is 1.53. The maximum Gasteiger partial charge on any atom is 0.237 e. The Balaban J connectivity index is 1.72. The topological polar surface area (TPSA) is 91.8 Å². The number of nitrogens with zero attached hydrogens (tertiary/aromatic N) is 6. The van der Waals surface area contributed by atoms with Gasteiger partial charge in [0.25, 0.3) is 0 Å². The molecular formula is C17H22N6O2S. The summed E-state index contributed by atoms with van der Waals surface area (Å²) in [5.74, 6) is 2.72. The van der Waals surface area contributed by atoms with Gasteiger partial charge in [-0.2, -0.15) is 4.98 Å². The third-order valence-electron chi connectivity index (χ3n) is 3.76. The van der Waals surface area contributed by atoms with Crippen molar-refractivity contribution >= 4 is 11.8 Å². The van der Waals surface area contributed by atoms with E-state index in [1.54, 1.807) is 19.5 Å². The predicted octanol–water partition coefficient (Wildman–Crippen LogP) is 3.00. The fourth-order valence-electron chi connectivity index (χ4n) is 2.41. The number of thioether (sulfide) groups is 1. The second kappa shape index (κ2) is 9.44. The van der Waals surface area contributed by atoms with Crippen LogP contribution in [0.3, 0.4) is 0 Å². The molecule has 8 nitrogen and oxygen atoms in total. The SMILES string of the molecule is CCCCc1noc(CSc2nnc(-c3ccncc3)n2CCOC)n1. The van der Waals surface area contributed by atoms with Crippen LogP contribution in [0.4, 0.5) is 0 Å². The second-order valence-electron chi connectivity index (χ2n) is 5.68. The summed E-state index contributed by atoms with van der Waals surface area (Å²) in [6, 6.07) is 3.83. The summed E-state index contributed by atoms with van der Waals surface area (Å²) in [7, 11) is 1.68. The molecule has 0 bridgehead atoms. The van der Waals surface area contributed by atoms with Crippen LogP contribution in [-0.4, -0.2) is 43.6 Å². The molecule has 0 fully saturated rings. The van der Waals surface area contributed by atoms with E-state index in [0.29, 0.717) is 24.8 Å². The summed E-state index contributed by atoms with van der Waals surface area (Å²) in [5.41, 5.74) is 0.968. The molecule has 0 aliphatic rings. The van der Waals surface area contributed by atoms with Crippen molar-refractivity contribution in [2.75, 3.05) is 13.7 Å². The van der Waals surface area contributed by atoms with Gasteiger partial charge in [-0.15, -0.1) is 10.2 Å². The molecule has 0 atom stereocenters. The number of aromatic nitrogens is 6. The Kier molecular flexibility index (Phi) is 6.73. The van der Waals surface area contributed by atoms with Crippen LogP contribution in [0, 0.1) is 0 Å². The van der Waals surface area contributed by atoms with Gasteiger partial charge in [0.2, 0.25) is 5.89 Å². The molecule has 0 unspecified atom stereocenters. The van der Waals surface area contributed by atoms with E-state index in [2.05, 4.69) is 32.2 Å². The van der Waals surface area contributed by atoms with Crippen molar-refractivity contribution < 1.29 is 9.26 Å². The number of pyridine rings is 1. The average Bonchev–Trinajstić information content (AvgIpc) is 3.30. The Morgan fingerprint density at radius 2 is 2.08 bits per heavy atom. The summed E-state index contributed by atoms with van der Waals surface area (Å²) in [6.07, 6.45) is 6.51. The minimum atomic E-state index is 0.556. The lowest BCUT2D eigenvalue weighted by Crippen LogP contribution is -2.07. The van der Waals surface area contributed by atoms with Gasteiger partial charge in [-0.3, -0.25) is 9.55 Å². The van der Waals surface area contributed by atoms with E-state index in [1.807, 2.05) is 16.7 Å². The first-order chi connectivity index (χ1) is 12.8. The van der Waals surface area contributed by atoms with E-state index in [4.69, 9.17) is 9.26 Å². The fourth-order valence-corrected chi connectivity index (χ4v) is 3.21. The highest BCUT2D eigenvalue weighted by molar-refractivity contribution is 7.98. The average molecular weight is 374 g/mol. The van der Waals surface area contributed by atoms with Crippen molar-refractivity contribution in [2.45, 2.75) is 43.6 Å². The molecule has 3 aromatic heterocycles. The van der Waals surface area contributed by atoms with Crippen molar-refractivity contribution in [3.8, 4) is 11.4 Å². The number of hydrogen-bond donors (Lipinski definition) is 0. The Bertz CT molecular complexity index is 805. The molecule has 138 valence electrons. The number of aryl methyl sites for hydroxylation is 1. The number of methoxy groups -OCH3 is 1. The van der Waals surface area contributed by atoms with Crippen LogP contribution in [-0.2, 0) is 23.5 Å². The molecule has 0 N–H and O–H groups in total. The lowest BCUT2D eigenvalue weighted by atomic mass is 10.2. The van der Waals surface area contributed by atoms with Gasteiger partial charge >= 0.3 is 0 Å². The molecule has 0 saturated carbocycles. The highest BCUT2D eigenvalue weighted by Crippen LogP contribution is 2.25. The van der Waals surface area contributed by atoms with Crippen LogP contribution in [0.2, 0.25) is 0 Å². The van der Waals surface area contributed by atoms with E-state index in [9.17, 15) is 0 Å². The van der Waals surface area contributed by atoms with Crippen molar-refractivity contribution in [3.63, 3.8) is 0 Å². The molecule has 0 aliphatic carbocycles. The van der Waals surface area contributed by atoms with Crippen LogP contribution in [0.25, 0.3) is 11.4 Å². The molecule has 3 rings (SSSR count). The number of ether oxygens (including phenoxy) is 1. The molecule has 0 saturated heterocycles. The zero-order valence-corrected chi connectivity index (χ0v) is 15.8. The molecule has 0 spiro atoms. The number of unbranched alkanes of at least 4 members (excludes halogenated alkanes) is 1. The van der Waals surface area contributed by atoms with Gasteiger partial charge in [-0.25, -0.2) is 0 Å². The largest absolute Gasteiger partial charge is 0.383 e. The van der Waals surface area contributed by atoms with Gasteiger partial charge < -0.3 is 9.26 Å². The van der Waals surface area contributed by atoms with Crippen LogP contribution in [0.1, 0.15) is 31.5 Å². The summed E-state index contributed by atoms with van der Waals surface area (Å²) in [6.45, 7) is 3.38. The quantitative estimate of drug-likeness (QED) is 0.500. The molecule has 3 aromatic rings. The molecule has 3 heterocycles. The molecule has 0 radical (unpaired) electrons. The third kappa shape index (κ3) is 4.67. The van der Waals surface area contributed by atoms with E-state index < -0.39 is 0 Å². The highest BCUT2D eigenvalue weighted by Gasteiger charge is 2.16. The van der Waals surface area contributed by atoms with E-state index in [-0.39, 0.29) is 0 Å². The Labute approximate surface area is 156 Å². The fraction of sp³-hybridized carbons (Fsp3) is 0.471. The Hall–Kier alpha value is -2.26. The van der Waals surface area contributed by atoms with Gasteiger partial charge in [0.1, 0.15) is 0 Å². The smallest absolute Gasteiger partial charge is 0.237 e. The van der Waals surface area contributed by atoms with Crippen molar-refractivity contribution in [1.29, 1.82) is 0 Å². The number of hydrogen-bond acceptors (Lipinski definition) is 8. The first-order valence-electron chi connectivity index (χ1n) is 8.58. The minimum Gasteiger partial charge on any atom is -0.383 e. The molecule has 9 heteroatoms. The highest BCUT2D eigenvalue weighted by atomic mass is 32.2. The van der Waals surface area contributed by atoms with Gasteiger partial charge in [0.05, 0.1) is 18.9 Å². The van der Waals surface area contributed by atoms with Crippen LogP contribution >= 0.6 is 11.8 Å². The molecule has 0 aliphatic heterocycles.